The third-order valence-corrected chi connectivity index (χ3v) is 7.99. The summed E-state index contributed by atoms with van der Waals surface area (Å²) in [5.74, 6) is 0.843. The lowest BCUT2D eigenvalue weighted by Crippen LogP contribution is -2.33. The van der Waals surface area contributed by atoms with Gasteiger partial charge in [-0.25, -0.2) is 4.79 Å². The number of rotatable bonds is 27. The van der Waals surface area contributed by atoms with Crippen LogP contribution in [0.4, 0.5) is 0 Å². The molecule has 0 amide bonds. The predicted octanol–water partition coefficient (Wildman–Crippen LogP) is 7.02. The Balaban J connectivity index is 1.98. The lowest BCUT2D eigenvalue weighted by molar-refractivity contribution is 0.0495. The highest BCUT2D eigenvalue weighted by Gasteiger charge is 2.22. The Bertz CT molecular complexity index is 903. The Morgan fingerprint density at radius 2 is 1.43 bits per heavy atom. The van der Waals surface area contributed by atoms with Crippen LogP contribution in [0.25, 0.3) is 0 Å². The largest absolute Gasteiger partial charge is 0.381 e. The fraction of sp³-hybridized carbons (Fsp3) is 0.867. The number of aromatic amines is 1. The highest BCUT2D eigenvalue weighted by atomic mass is 31.2. The molecule has 0 aromatic carbocycles. The van der Waals surface area contributed by atoms with Gasteiger partial charge in [-0.15, -0.1) is 0 Å². The second kappa shape index (κ2) is 23.3. The van der Waals surface area contributed by atoms with Crippen LogP contribution in [0.15, 0.2) is 21.9 Å². The minimum Gasteiger partial charge on any atom is -0.381 e. The van der Waals surface area contributed by atoms with Crippen molar-refractivity contribution in [1.29, 1.82) is 0 Å². The summed E-state index contributed by atoms with van der Waals surface area (Å²) < 4.78 is 30.1. The van der Waals surface area contributed by atoms with E-state index in [1.54, 1.807) is 0 Å². The number of aromatic nitrogens is 2. The average molecular weight is 589 g/mol. The summed E-state index contributed by atoms with van der Waals surface area (Å²) >= 11 is 0. The first-order valence-corrected chi connectivity index (χ1v) is 17.4. The van der Waals surface area contributed by atoms with Crippen molar-refractivity contribution < 1.29 is 23.5 Å². The van der Waals surface area contributed by atoms with Crippen molar-refractivity contribution in [2.45, 2.75) is 136 Å². The minimum absolute atomic E-state index is 0.118. The zero-order valence-electron chi connectivity index (χ0n) is 25.4. The fourth-order valence-corrected chi connectivity index (χ4v) is 5.48. The van der Waals surface area contributed by atoms with Crippen LogP contribution >= 0.6 is 7.60 Å². The molecule has 40 heavy (non-hydrogen) atoms. The number of H-pyrrole nitrogens is 1. The first kappa shape index (κ1) is 36.8. The maximum absolute atomic E-state index is 12.3. The molecule has 9 nitrogen and oxygen atoms in total. The third kappa shape index (κ3) is 20.6. The Hall–Kier alpha value is -1.25. The number of nitrogens with one attached hydrogen (secondary N) is 1. The lowest BCUT2D eigenvalue weighted by Gasteiger charge is -2.20. The molecule has 0 spiro atoms. The maximum Gasteiger partial charge on any atom is 0.353 e. The second-order valence-electron chi connectivity index (χ2n) is 11.3. The summed E-state index contributed by atoms with van der Waals surface area (Å²) in [6.45, 7) is 8.06. The van der Waals surface area contributed by atoms with Gasteiger partial charge in [0.25, 0.3) is 5.56 Å². The number of nitrogens with zero attached hydrogens (tertiary/aromatic N) is 1. The molecule has 2 atom stereocenters. The van der Waals surface area contributed by atoms with E-state index < -0.39 is 31.3 Å². The molecule has 0 aliphatic rings. The van der Waals surface area contributed by atoms with Crippen LogP contribution < -0.4 is 11.2 Å². The van der Waals surface area contributed by atoms with Crippen LogP contribution in [-0.4, -0.2) is 46.7 Å². The van der Waals surface area contributed by atoms with Crippen LogP contribution in [0.5, 0.6) is 0 Å². The molecule has 0 aliphatic heterocycles. The molecule has 1 heterocycles. The SMILES string of the molecule is CCCC(Cn1ccc(=O)[nH]c1=O)OCP(=O)(O)OCCCOCCCCCCCCCCCCCCC(C)C. The van der Waals surface area contributed by atoms with Gasteiger partial charge in [0.05, 0.1) is 19.3 Å². The molecule has 0 radical (unpaired) electrons. The van der Waals surface area contributed by atoms with Gasteiger partial charge in [-0.2, -0.15) is 0 Å². The van der Waals surface area contributed by atoms with E-state index >= 15 is 0 Å². The smallest absolute Gasteiger partial charge is 0.353 e. The van der Waals surface area contributed by atoms with Crippen molar-refractivity contribution >= 4 is 7.60 Å². The molecule has 0 fully saturated rings. The van der Waals surface area contributed by atoms with Crippen LogP contribution in [0.2, 0.25) is 0 Å². The van der Waals surface area contributed by atoms with Crippen LogP contribution in [0, 0.1) is 5.92 Å². The van der Waals surface area contributed by atoms with E-state index in [1.165, 1.54) is 93.9 Å². The molecule has 1 aromatic rings. The molecule has 2 N–H and O–H groups in total. The van der Waals surface area contributed by atoms with Gasteiger partial charge in [-0.3, -0.25) is 18.9 Å². The zero-order chi connectivity index (χ0) is 29.5. The molecule has 0 bridgehead atoms. The molecular weight excluding hydrogens is 531 g/mol. The maximum atomic E-state index is 12.3. The van der Waals surface area contributed by atoms with E-state index in [-0.39, 0.29) is 13.2 Å². The van der Waals surface area contributed by atoms with Gasteiger partial charge in [0, 0.05) is 25.5 Å². The molecule has 0 saturated carbocycles. The molecule has 1 rings (SSSR count). The summed E-state index contributed by atoms with van der Waals surface area (Å²) in [5.41, 5.74) is -1.01. The summed E-state index contributed by atoms with van der Waals surface area (Å²) in [7, 11) is -3.91. The van der Waals surface area contributed by atoms with Crippen molar-refractivity contribution in [2.24, 2.45) is 5.92 Å². The fourth-order valence-electron chi connectivity index (χ4n) is 4.59. The first-order valence-electron chi connectivity index (χ1n) is 15.7. The van der Waals surface area contributed by atoms with Crippen molar-refractivity contribution in [3.05, 3.63) is 33.1 Å². The van der Waals surface area contributed by atoms with E-state index in [2.05, 4.69) is 18.8 Å². The molecule has 10 heteroatoms. The van der Waals surface area contributed by atoms with E-state index in [0.29, 0.717) is 26.1 Å². The molecule has 1 aromatic heterocycles. The minimum atomic E-state index is -3.91. The van der Waals surface area contributed by atoms with E-state index in [0.717, 1.165) is 18.8 Å². The molecule has 0 aliphatic carbocycles. The van der Waals surface area contributed by atoms with Crippen LogP contribution in [-0.2, 0) is 25.1 Å². The van der Waals surface area contributed by atoms with Gasteiger partial charge in [0.2, 0.25) is 0 Å². The van der Waals surface area contributed by atoms with Gasteiger partial charge >= 0.3 is 13.3 Å². The summed E-state index contributed by atoms with van der Waals surface area (Å²) in [6.07, 6.45) is 19.6. The Kier molecular flexibility index (Phi) is 21.4. The highest BCUT2D eigenvalue weighted by Crippen LogP contribution is 2.42. The Morgan fingerprint density at radius 3 is 2.00 bits per heavy atom. The van der Waals surface area contributed by atoms with E-state index in [9.17, 15) is 19.0 Å². The van der Waals surface area contributed by atoms with Gasteiger partial charge in [0.1, 0.15) is 6.35 Å². The molecular formula is C30H57N2O7P. The second-order valence-corrected chi connectivity index (χ2v) is 13.1. The van der Waals surface area contributed by atoms with Crippen molar-refractivity contribution in [2.75, 3.05) is 26.2 Å². The number of ether oxygens (including phenoxy) is 2. The Labute approximate surface area is 241 Å². The third-order valence-electron chi connectivity index (χ3n) is 6.93. The summed E-state index contributed by atoms with van der Waals surface area (Å²) in [4.78, 5) is 35.4. The van der Waals surface area contributed by atoms with Gasteiger partial charge in [-0.1, -0.05) is 104 Å². The Morgan fingerprint density at radius 1 is 0.850 bits per heavy atom. The number of hydrogen-bond acceptors (Lipinski definition) is 6. The average Bonchev–Trinajstić information content (AvgIpc) is 2.90. The van der Waals surface area contributed by atoms with Crippen LogP contribution in [0.1, 0.15) is 124 Å². The summed E-state index contributed by atoms with van der Waals surface area (Å²) in [6, 6.07) is 1.26. The topological polar surface area (TPSA) is 120 Å². The standard InChI is InChI=1S/C30H57N2O7P/c1-4-18-28(25-32-21-20-29(33)31-30(32)34)38-26-40(35,36)39-24-17-23-37-22-16-14-12-10-8-6-5-7-9-11-13-15-19-27(2)3/h20-21,27-28H,4-19,22-26H2,1-3H3,(H,35,36)(H,31,33,34). The van der Waals surface area contributed by atoms with Gasteiger partial charge in [-0.05, 0) is 25.2 Å². The van der Waals surface area contributed by atoms with Crippen molar-refractivity contribution in [3.63, 3.8) is 0 Å². The quantitative estimate of drug-likeness (QED) is 0.0837. The molecule has 234 valence electrons. The van der Waals surface area contributed by atoms with E-state index in [4.69, 9.17) is 14.0 Å². The molecule has 0 saturated heterocycles. The number of hydrogen-bond donors (Lipinski definition) is 2. The number of unbranched alkanes of at least 4 members (excludes halogenated alkanes) is 11. The van der Waals surface area contributed by atoms with Gasteiger partial charge < -0.3 is 18.9 Å². The van der Waals surface area contributed by atoms with Gasteiger partial charge in [0.15, 0.2) is 0 Å². The lowest BCUT2D eigenvalue weighted by atomic mass is 10.0. The van der Waals surface area contributed by atoms with E-state index in [1.807, 2.05) is 6.92 Å². The highest BCUT2D eigenvalue weighted by molar-refractivity contribution is 7.52. The normalized spacial score (nSPS) is 14.0. The first-order chi connectivity index (χ1) is 19.2. The monoisotopic (exact) mass is 588 g/mol. The van der Waals surface area contributed by atoms with Crippen molar-refractivity contribution in [1.82, 2.24) is 9.55 Å². The summed E-state index contributed by atoms with van der Waals surface area (Å²) in [5, 5.41) is 0. The predicted molar refractivity (Wildman–Crippen MR) is 162 cm³/mol. The zero-order valence-corrected chi connectivity index (χ0v) is 26.3. The van der Waals surface area contributed by atoms with Crippen molar-refractivity contribution in [3.8, 4) is 0 Å². The van der Waals surface area contributed by atoms with Crippen LogP contribution in [0.3, 0.4) is 0 Å². The molecule has 2 unspecified atom stereocenters.